The van der Waals surface area contributed by atoms with Crippen molar-refractivity contribution in [2.75, 3.05) is 4.90 Å². The largest absolute Gasteiger partial charge is 0.507 e. The highest BCUT2D eigenvalue weighted by molar-refractivity contribution is 7.10. The summed E-state index contributed by atoms with van der Waals surface area (Å²) < 4.78 is 0. The van der Waals surface area contributed by atoms with Gasteiger partial charge in [0.1, 0.15) is 11.8 Å². The number of carbonyl (C=O) groups is 2. The number of hydrogen-bond donors (Lipinski definition) is 1. The van der Waals surface area contributed by atoms with Gasteiger partial charge < -0.3 is 5.11 Å². The Morgan fingerprint density at radius 3 is 2.37 bits per heavy atom. The number of amides is 1. The van der Waals surface area contributed by atoms with Crippen molar-refractivity contribution in [1.29, 1.82) is 0 Å². The number of Topliss-reactive ketones (excluding diaryl/α,β-unsaturated/α-hetero) is 1. The van der Waals surface area contributed by atoms with Crippen LogP contribution >= 0.6 is 11.3 Å². The van der Waals surface area contributed by atoms with Gasteiger partial charge in [-0.15, -0.1) is 11.3 Å². The van der Waals surface area contributed by atoms with E-state index in [0.29, 0.717) is 11.3 Å². The predicted molar refractivity (Wildman–Crippen MR) is 121 cm³/mol. The molecule has 0 spiro atoms. The Morgan fingerprint density at radius 1 is 1.03 bits per heavy atom. The van der Waals surface area contributed by atoms with E-state index >= 15 is 0 Å². The monoisotopic (exact) mass is 417 g/mol. The fraction of sp³-hybridized carbons (Fsp3) is 0.200. The Bertz CT molecular complexity index is 1140. The topological polar surface area (TPSA) is 57.6 Å². The third-order valence-electron chi connectivity index (χ3n) is 5.66. The van der Waals surface area contributed by atoms with E-state index in [1.807, 2.05) is 67.8 Å². The molecule has 3 aromatic rings. The third kappa shape index (κ3) is 3.35. The Morgan fingerprint density at radius 2 is 1.77 bits per heavy atom. The van der Waals surface area contributed by atoms with E-state index in [9.17, 15) is 14.7 Å². The van der Waals surface area contributed by atoms with Gasteiger partial charge in [-0.3, -0.25) is 14.5 Å². The minimum Gasteiger partial charge on any atom is -0.507 e. The van der Waals surface area contributed by atoms with Crippen molar-refractivity contribution in [2.45, 2.75) is 33.2 Å². The van der Waals surface area contributed by atoms with Crippen molar-refractivity contribution in [1.82, 2.24) is 0 Å². The lowest BCUT2D eigenvalue weighted by atomic mass is 9.97. The van der Waals surface area contributed by atoms with Crippen LogP contribution in [0.5, 0.6) is 0 Å². The number of ketones is 1. The molecule has 30 heavy (non-hydrogen) atoms. The number of benzene rings is 2. The van der Waals surface area contributed by atoms with Crippen LogP contribution in [0.1, 0.15) is 40.1 Å². The Hall–Kier alpha value is -3.18. The molecule has 2 aromatic carbocycles. The highest BCUT2D eigenvalue weighted by Crippen LogP contribution is 2.43. The van der Waals surface area contributed by atoms with Crippen LogP contribution < -0.4 is 4.90 Å². The van der Waals surface area contributed by atoms with Gasteiger partial charge in [-0.1, -0.05) is 37.3 Å². The second-order valence-corrected chi connectivity index (χ2v) is 8.48. The molecule has 2 heterocycles. The number of anilines is 1. The molecule has 1 unspecified atom stereocenters. The van der Waals surface area contributed by atoms with Gasteiger partial charge in [0.25, 0.3) is 11.7 Å². The number of aliphatic hydroxyl groups excluding tert-OH is 1. The molecule has 1 aromatic heterocycles. The van der Waals surface area contributed by atoms with E-state index in [0.717, 1.165) is 28.0 Å². The van der Waals surface area contributed by atoms with Crippen molar-refractivity contribution < 1.29 is 14.7 Å². The van der Waals surface area contributed by atoms with Crippen molar-refractivity contribution >= 4 is 34.5 Å². The van der Waals surface area contributed by atoms with Crippen molar-refractivity contribution in [3.05, 3.63) is 92.7 Å². The Balaban J connectivity index is 1.90. The van der Waals surface area contributed by atoms with Gasteiger partial charge in [-0.25, -0.2) is 0 Å². The molecular weight excluding hydrogens is 394 g/mol. The molecule has 1 N–H and O–H groups in total. The number of rotatable bonds is 4. The number of aryl methyl sites for hydroxylation is 3. The first kappa shape index (κ1) is 20.1. The second kappa shape index (κ2) is 7.92. The zero-order valence-corrected chi connectivity index (χ0v) is 18.0. The van der Waals surface area contributed by atoms with Gasteiger partial charge in [-0.2, -0.15) is 0 Å². The molecule has 4 rings (SSSR count). The normalized spacial score (nSPS) is 18.2. The SMILES string of the molecule is CCc1ccc(N2C(=O)C(=O)/C(=C(\O)c3ccc(C)c(C)c3)C2c2cccs2)cc1. The molecule has 1 fully saturated rings. The molecule has 5 heteroatoms. The van der Waals surface area contributed by atoms with Crippen molar-refractivity contribution in [3.63, 3.8) is 0 Å². The van der Waals surface area contributed by atoms with E-state index in [-0.39, 0.29) is 11.3 Å². The van der Waals surface area contributed by atoms with E-state index in [1.165, 1.54) is 16.2 Å². The van der Waals surface area contributed by atoms with Crippen LogP contribution in [0.15, 0.2) is 65.6 Å². The summed E-state index contributed by atoms with van der Waals surface area (Å²) in [6.07, 6.45) is 0.889. The molecule has 0 saturated carbocycles. The smallest absolute Gasteiger partial charge is 0.300 e. The van der Waals surface area contributed by atoms with Gasteiger partial charge in [0.2, 0.25) is 0 Å². The third-order valence-corrected chi connectivity index (χ3v) is 6.58. The van der Waals surface area contributed by atoms with E-state index < -0.39 is 17.7 Å². The molecular formula is C25H23NO3S. The molecule has 1 saturated heterocycles. The van der Waals surface area contributed by atoms with Gasteiger partial charge in [0.05, 0.1) is 5.57 Å². The summed E-state index contributed by atoms with van der Waals surface area (Å²) in [6, 6.07) is 16.3. The molecule has 1 amide bonds. The van der Waals surface area contributed by atoms with Gasteiger partial charge in [0.15, 0.2) is 0 Å². The fourth-order valence-electron chi connectivity index (χ4n) is 3.75. The first-order chi connectivity index (χ1) is 14.4. The summed E-state index contributed by atoms with van der Waals surface area (Å²) >= 11 is 1.46. The standard InChI is InChI=1S/C25H23NO3S/c1-4-17-8-11-19(12-9-17)26-22(20-6-5-13-30-20)21(24(28)25(26)29)23(27)18-10-7-15(2)16(3)14-18/h5-14,22,27H,4H2,1-3H3/b23-21-. The summed E-state index contributed by atoms with van der Waals surface area (Å²) in [5.41, 5.74) is 4.57. The van der Waals surface area contributed by atoms with Crippen LogP contribution in [0.2, 0.25) is 0 Å². The zero-order chi connectivity index (χ0) is 21.4. The lowest BCUT2D eigenvalue weighted by molar-refractivity contribution is -0.132. The maximum absolute atomic E-state index is 13.1. The van der Waals surface area contributed by atoms with Crippen LogP contribution in [0.4, 0.5) is 5.69 Å². The summed E-state index contributed by atoms with van der Waals surface area (Å²) in [6.45, 7) is 6.01. The van der Waals surface area contributed by atoms with Crippen LogP contribution in [0.3, 0.4) is 0 Å². The first-order valence-corrected chi connectivity index (χ1v) is 10.8. The molecule has 0 aliphatic carbocycles. The predicted octanol–water partition coefficient (Wildman–Crippen LogP) is 5.55. The maximum Gasteiger partial charge on any atom is 0.300 e. The highest BCUT2D eigenvalue weighted by Gasteiger charge is 2.47. The molecule has 4 nitrogen and oxygen atoms in total. The number of aliphatic hydroxyl groups is 1. The Kier molecular flexibility index (Phi) is 5.31. The molecule has 152 valence electrons. The summed E-state index contributed by atoms with van der Waals surface area (Å²) in [4.78, 5) is 28.5. The van der Waals surface area contributed by atoms with E-state index in [1.54, 1.807) is 6.07 Å². The Labute approximate surface area is 180 Å². The molecule has 1 atom stereocenters. The van der Waals surface area contributed by atoms with Crippen LogP contribution in [0, 0.1) is 13.8 Å². The van der Waals surface area contributed by atoms with E-state index in [4.69, 9.17) is 0 Å². The van der Waals surface area contributed by atoms with Gasteiger partial charge >= 0.3 is 0 Å². The van der Waals surface area contributed by atoms with Crippen molar-refractivity contribution in [2.24, 2.45) is 0 Å². The summed E-state index contributed by atoms with van der Waals surface area (Å²) in [5, 5.41) is 13.0. The molecule has 1 aliphatic rings. The second-order valence-electron chi connectivity index (χ2n) is 7.50. The van der Waals surface area contributed by atoms with Gasteiger partial charge in [-0.05, 0) is 66.6 Å². The van der Waals surface area contributed by atoms with Crippen molar-refractivity contribution in [3.8, 4) is 0 Å². The average Bonchev–Trinajstić information content (AvgIpc) is 3.37. The molecule has 1 aliphatic heterocycles. The lowest BCUT2D eigenvalue weighted by Crippen LogP contribution is -2.29. The minimum atomic E-state index is -0.663. The van der Waals surface area contributed by atoms with Crippen LogP contribution in [0.25, 0.3) is 5.76 Å². The zero-order valence-electron chi connectivity index (χ0n) is 17.2. The van der Waals surface area contributed by atoms with E-state index in [2.05, 4.69) is 6.92 Å². The summed E-state index contributed by atoms with van der Waals surface area (Å²) in [7, 11) is 0. The number of hydrogen-bond acceptors (Lipinski definition) is 4. The minimum absolute atomic E-state index is 0.130. The lowest BCUT2D eigenvalue weighted by Gasteiger charge is -2.24. The number of thiophene rings is 1. The number of carbonyl (C=O) groups excluding carboxylic acids is 2. The molecule has 0 bridgehead atoms. The maximum atomic E-state index is 13.1. The fourth-order valence-corrected chi connectivity index (χ4v) is 4.57. The van der Waals surface area contributed by atoms with Gasteiger partial charge in [0, 0.05) is 16.1 Å². The average molecular weight is 418 g/mol. The van der Waals surface area contributed by atoms with Crippen LogP contribution in [-0.2, 0) is 16.0 Å². The first-order valence-electron chi connectivity index (χ1n) is 9.93. The molecule has 0 radical (unpaired) electrons. The summed E-state index contributed by atoms with van der Waals surface area (Å²) in [5.74, 6) is -1.42. The quantitative estimate of drug-likeness (QED) is 0.344. The van der Waals surface area contributed by atoms with Crippen LogP contribution in [-0.4, -0.2) is 16.8 Å². The number of nitrogens with zero attached hydrogens (tertiary/aromatic N) is 1. The highest BCUT2D eigenvalue weighted by atomic mass is 32.1.